The van der Waals surface area contributed by atoms with Gasteiger partial charge in [0.15, 0.2) is 0 Å². The maximum absolute atomic E-state index is 13.4. The van der Waals surface area contributed by atoms with Crippen LogP contribution < -0.4 is 4.90 Å². The molecule has 4 aliphatic rings. The van der Waals surface area contributed by atoms with E-state index in [0.717, 1.165) is 50.0 Å². The van der Waals surface area contributed by atoms with Crippen LogP contribution in [0.5, 0.6) is 0 Å². The van der Waals surface area contributed by atoms with Crippen LogP contribution in [0.1, 0.15) is 31.2 Å². The van der Waals surface area contributed by atoms with Gasteiger partial charge in [-0.2, -0.15) is 0 Å². The van der Waals surface area contributed by atoms with Crippen molar-refractivity contribution < 1.29 is 19.0 Å². The molecule has 1 aromatic rings. The number of hydrogen-bond donors (Lipinski definition) is 0. The number of amides is 1. The topological polar surface area (TPSA) is 51.2 Å². The first-order chi connectivity index (χ1) is 12.3. The molecule has 6 nitrogen and oxygen atoms in total. The van der Waals surface area contributed by atoms with Crippen molar-refractivity contribution in [2.24, 2.45) is 0 Å². The number of benzene rings is 1. The summed E-state index contributed by atoms with van der Waals surface area (Å²) in [7, 11) is 0. The van der Waals surface area contributed by atoms with Crippen LogP contribution in [0.4, 0.5) is 5.69 Å². The predicted octanol–water partition coefficient (Wildman–Crippen LogP) is 1.83. The summed E-state index contributed by atoms with van der Waals surface area (Å²) in [6, 6.07) is 7.90. The quantitative estimate of drug-likeness (QED) is 0.819. The Labute approximate surface area is 147 Å². The van der Waals surface area contributed by atoms with Gasteiger partial charge in [-0.05, 0) is 18.9 Å². The van der Waals surface area contributed by atoms with E-state index in [1.54, 1.807) is 0 Å². The van der Waals surface area contributed by atoms with Crippen molar-refractivity contribution in [1.29, 1.82) is 0 Å². The summed E-state index contributed by atoms with van der Waals surface area (Å²) < 4.78 is 18.1. The van der Waals surface area contributed by atoms with Crippen LogP contribution in [0.2, 0.25) is 0 Å². The number of fused-ring (bicyclic) bond motifs is 3. The van der Waals surface area contributed by atoms with E-state index in [0.29, 0.717) is 19.9 Å². The molecule has 3 heterocycles. The number of rotatable bonds is 2. The van der Waals surface area contributed by atoms with Gasteiger partial charge in [0.1, 0.15) is 0 Å². The molecule has 6 heteroatoms. The van der Waals surface area contributed by atoms with Crippen LogP contribution in [-0.2, 0) is 24.8 Å². The molecule has 25 heavy (non-hydrogen) atoms. The molecule has 0 radical (unpaired) electrons. The van der Waals surface area contributed by atoms with Crippen molar-refractivity contribution in [2.45, 2.75) is 43.7 Å². The van der Waals surface area contributed by atoms with Crippen LogP contribution in [-0.4, -0.2) is 56.0 Å². The van der Waals surface area contributed by atoms with Gasteiger partial charge in [-0.3, -0.25) is 14.6 Å². The molecule has 1 amide bonds. The lowest BCUT2D eigenvalue weighted by Crippen LogP contribution is -2.49. The number of carbonyl (C=O) groups is 1. The first-order valence-electron chi connectivity index (χ1n) is 9.35. The van der Waals surface area contributed by atoms with Gasteiger partial charge in [0.2, 0.25) is 0 Å². The molecule has 1 aliphatic carbocycles. The van der Waals surface area contributed by atoms with Gasteiger partial charge in [-0.25, -0.2) is 0 Å². The normalized spacial score (nSPS) is 31.4. The molecular formula is C19H24N2O4. The Morgan fingerprint density at radius 1 is 1.04 bits per heavy atom. The predicted molar refractivity (Wildman–Crippen MR) is 91.1 cm³/mol. The van der Waals surface area contributed by atoms with Crippen molar-refractivity contribution in [3.8, 4) is 0 Å². The van der Waals surface area contributed by atoms with Crippen LogP contribution in [0, 0.1) is 0 Å². The second-order valence-corrected chi connectivity index (χ2v) is 7.34. The molecule has 0 N–H and O–H groups in total. The number of para-hydroxylation sites is 1. The first-order valence-corrected chi connectivity index (χ1v) is 9.35. The summed E-state index contributed by atoms with van der Waals surface area (Å²) in [6.07, 6.45) is 4.32. The minimum Gasteiger partial charge on any atom is -0.379 e. The number of anilines is 1. The van der Waals surface area contributed by atoms with Crippen LogP contribution in [0.15, 0.2) is 24.3 Å². The van der Waals surface area contributed by atoms with Gasteiger partial charge in [-0.15, -0.1) is 0 Å². The van der Waals surface area contributed by atoms with E-state index >= 15 is 0 Å². The number of carbonyl (C=O) groups excluding carboxylic acids is 1. The average molecular weight is 344 g/mol. The smallest absolute Gasteiger partial charge is 0.293 e. The Hall–Kier alpha value is -1.47. The second-order valence-electron chi connectivity index (χ2n) is 7.34. The van der Waals surface area contributed by atoms with Crippen molar-refractivity contribution in [3.05, 3.63) is 29.8 Å². The molecule has 1 aromatic carbocycles. The molecule has 5 rings (SSSR count). The molecule has 1 spiro atoms. The van der Waals surface area contributed by atoms with Crippen molar-refractivity contribution >= 4 is 11.6 Å². The SMILES string of the molecule is O=C1N(CN2CCOCC2)c2ccccc2C12O[C@H]1CCCC[C@@H]1O2. The molecule has 0 bridgehead atoms. The summed E-state index contributed by atoms with van der Waals surface area (Å²) in [5.74, 6) is -1.31. The number of ether oxygens (including phenoxy) is 3. The molecule has 3 aliphatic heterocycles. The molecule has 3 fully saturated rings. The lowest BCUT2D eigenvalue weighted by Gasteiger charge is -2.31. The Morgan fingerprint density at radius 2 is 1.72 bits per heavy atom. The molecule has 0 aromatic heterocycles. The Morgan fingerprint density at radius 3 is 2.44 bits per heavy atom. The fourth-order valence-electron chi connectivity index (χ4n) is 4.49. The average Bonchev–Trinajstić information content (AvgIpc) is 3.15. The fraction of sp³-hybridized carbons (Fsp3) is 0.632. The summed E-state index contributed by atoms with van der Waals surface area (Å²) in [5, 5.41) is 0. The van der Waals surface area contributed by atoms with E-state index in [9.17, 15) is 4.79 Å². The summed E-state index contributed by atoms with van der Waals surface area (Å²) in [5.41, 5.74) is 1.78. The highest BCUT2D eigenvalue weighted by Crippen LogP contribution is 2.51. The van der Waals surface area contributed by atoms with Gasteiger partial charge < -0.3 is 14.2 Å². The van der Waals surface area contributed by atoms with E-state index in [-0.39, 0.29) is 18.1 Å². The lowest BCUT2D eigenvalue weighted by molar-refractivity contribution is -0.190. The summed E-state index contributed by atoms with van der Waals surface area (Å²) in [6.45, 7) is 3.67. The highest BCUT2D eigenvalue weighted by Gasteiger charge is 2.61. The lowest BCUT2D eigenvalue weighted by atomic mass is 9.95. The third-order valence-electron chi connectivity index (χ3n) is 5.80. The number of hydrogen-bond acceptors (Lipinski definition) is 5. The van der Waals surface area contributed by atoms with E-state index in [2.05, 4.69) is 4.90 Å². The largest absolute Gasteiger partial charge is 0.379 e. The highest BCUT2D eigenvalue weighted by molar-refractivity contribution is 6.06. The van der Waals surface area contributed by atoms with Crippen molar-refractivity contribution in [1.82, 2.24) is 4.90 Å². The standard InChI is InChI=1S/C19H24N2O4/c22-18-19(24-16-7-3-4-8-17(16)25-19)14-5-1-2-6-15(14)21(18)13-20-9-11-23-12-10-20/h1-2,5-6,16-17H,3-4,7-13H2/t16-,17-/m0/s1. The second kappa shape index (κ2) is 6.06. The van der Waals surface area contributed by atoms with Gasteiger partial charge in [-0.1, -0.05) is 31.0 Å². The van der Waals surface area contributed by atoms with Crippen LogP contribution in [0.25, 0.3) is 0 Å². The Kier molecular flexibility index (Phi) is 3.82. The third-order valence-corrected chi connectivity index (χ3v) is 5.80. The monoisotopic (exact) mass is 344 g/mol. The minimum absolute atomic E-state index is 0.0362. The number of nitrogens with zero attached hydrogens (tertiary/aromatic N) is 2. The molecule has 134 valence electrons. The van der Waals surface area contributed by atoms with Gasteiger partial charge in [0, 0.05) is 18.7 Å². The molecular weight excluding hydrogens is 320 g/mol. The first kappa shape index (κ1) is 15.8. The Balaban J connectivity index is 1.48. The molecule has 1 saturated carbocycles. The molecule has 2 atom stereocenters. The maximum Gasteiger partial charge on any atom is 0.293 e. The van der Waals surface area contributed by atoms with E-state index in [4.69, 9.17) is 14.2 Å². The van der Waals surface area contributed by atoms with Crippen molar-refractivity contribution in [2.75, 3.05) is 37.9 Å². The molecule has 2 saturated heterocycles. The zero-order chi connectivity index (χ0) is 16.9. The van der Waals surface area contributed by atoms with E-state index < -0.39 is 5.79 Å². The number of morpholine rings is 1. The minimum atomic E-state index is -1.23. The Bertz CT molecular complexity index is 659. The van der Waals surface area contributed by atoms with Crippen molar-refractivity contribution in [3.63, 3.8) is 0 Å². The van der Waals surface area contributed by atoms with Crippen LogP contribution >= 0.6 is 0 Å². The zero-order valence-corrected chi connectivity index (χ0v) is 14.4. The fourth-order valence-corrected chi connectivity index (χ4v) is 4.49. The summed E-state index contributed by atoms with van der Waals surface area (Å²) in [4.78, 5) is 17.5. The summed E-state index contributed by atoms with van der Waals surface area (Å²) >= 11 is 0. The van der Waals surface area contributed by atoms with Gasteiger partial charge >= 0.3 is 0 Å². The molecule has 0 unspecified atom stereocenters. The van der Waals surface area contributed by atoms with E-state index in [1.165, 1.54) is 0 Å². The third kappa shape index (κ3) is 2.43. The zero-order valence-electron chi connectivity index (χ0n) is 14.4. The van der Waals surface area contributed by atoms with Gasteiger partial charge in [0.25, 0.3) is 11.7 Å². The van der Waals surface area contributed by atoms with Crippen LogP contribution in [0.3, 0.4) is 0 Å². The van der Waals surface area contributed by atoms with Gasteiger partial charge in [0.05, 0.1) is 37.8 Å². The maximum atomic E-state index is 13.4. The highest BCUT2D eigenvalue weighted by atomic mass is 16.8. The van der Waals surface area contributed by atoms with E-state index in [1.807, 2.05) is 29.2 Å².